The lowest BCUT2D eigenvalue weighted by Crippen LogP contribution is -2.24. The van der Waals surface area contributed by atoms with Crippen LogP contribution in [-0.2, 0) is 35.5 Å². The Morgan fingerprint density at radius 3 is 2.79 bits per heavy atom. The number of fused-ring (bicyclic) bond motifs is 4. The highest BCUT2D eigenvalue weighted by atomic mass is 19.1. The van der Waals surface area contributed by atoms with Crippen LogP contribution in [0, 0.1) is 12.7 Å². The van der Waals surface area contributed by atoms with Crippen molar-refractivity contribution in [2.45, 2.75) is 46.3 Å². The first-order valence-electron chi connectivity index (χ1n) is 9.59. The number of nitrogens with zero attached hydrogens (tertiary/aromatic N) is 2. The molecule has 0 atom stereocenters. The molecule has 148 valence electrons. The van der Waals surface area contributed by atoms with E-state index < -0.39 is 11.5 Å². The first-order valence-corrected chi connectivity index (χ1v) is 9.59. The van der Waals surface area contributed by atoms with Gasteiger partial charge in [0.15, 0.2) is 0 Å². The Morgan fingerprint density at radius 1 is 1.28 bits per heavy atom. The Balaban J connectivity index is 1.75. The van der Waals surface area contributed by atoms with Gasteiger partial charge in [-0.15, -0.1) is 0 Å². The van der Waals surface area contributed by atoms with E-state index in [4.69, 9.17) is 9.72 Å². The molecular formula is C22H19FN2O4. The van der Waals surface area contributed by atoms with E-state index in [0.29, 0.717) is 29.0 Å². The monoisotopic (exact) mass is 394 g/mol. The molecule has 0 amide bonds. The first kappa shape index (κ1) is 17.8. The Hall–Kier alpha value is -3.22. The van der Waals surface area contributed by atoms with Crippen LogP contribution in [0.1, 0.15) is 41.2 Å². The van der Waals surface area contributed by atoms with Gasteiger partial charge in [0.2, 0.25) is 0 Å². The molecule has 0 bridgehead atoms. The fourth-order valence-electron chi connectivity index (χ4n) is 4.60. The molecule has 2 aliphatic rings. The van der Waals surface area contributed by atoms with Crippen molar-refractivity contribution in [3.63, 3.8) is 0 Å². The fourth-order valence-corrected chi connectivity index (χ4v) is 4.60. The summed E-state index contributed by atoms with van der Waals surface area (Å²) in [4.78, 5) is 28.8. The summed E-state index contributed by atoms with van der Waals surface area (Å²) < 4.78 is 20.9. The Labute approximate surface area is 165 Å². The van der Waals surface area contributed by atoms with Gasteiger partial charge in [-0.2, -0.15) is 0 Å². The maximum atomic E-state index is 14.5. The van der Waals surface area contributed by atoms with Crippen molar-refractivity contribution in [2.75, 3.05) is 0 Å². The molecule has 0 saturated carbocycles. The number of ether oxygens (including phenoxy) is 1. The minimum absolute atomic E-state index is 0.0394. The number of hydrogen-bond donors (Lipinski definition) is 1. The lowest BCUT2D eigenvalue weighted by atomic mass is 9.85. The maximum absolute atomic E-state index is 14.5. The van der Waals surface area contributed by atoms with Crippen LogP contribution in [0.25, 0.3) is 22.3 Å². The summed E-state index contributed by atoms with van der Waals surface area (Å²) in [7, 11) is 0. The van der Waals surface area contributed by atoms with Crippen LogP contribution in [-0.4, -0.2) is 20.6 Å². The van der Waals surface area contributed by atoms with E-state index in [1.807, 2.05) is 0 Å². The minimum atomic E-state index is -0.528. The van der Waals surface area contributed by atoms with Crippen molar-refractivity contribution in [2.24, 2.45) is 0 Å². The zero-order valence-corrected chi connectivity index (χ0v) is 16.1. The van der Waals surface area contributed by atoms with Gasteiger partial charge in [0.1, 0.15) is 18.2 Å². The van der Waals surface area contributed by atoms with Crippen molar-refractivity contribution in [1.29, 1.82) is 0 Å². The number of halogens is 1. The molecule has 2 aromatic heterocycles. The standard InChI is InChI=1S/C22H19FN2O4/c1-10-12-4-3-5-13-14-8-25-18(21(14)24-17(20(12)13)6-16(10)23)7-19(27)15(22(25)28)9-29-11(2)26/h6-7,27H,3-5,8-9H2,1-2H3. The highest BCUT2D eigenvalue weighted by Crippen LogP contribution is 2.41. The molecule has 7 heteroatoms. The Morgan fingerprint density at radius 2 is 2.03 bits per heavy atom. The fraction of sp³-hybridized carbons (Fsp3) is 0.318. The molecule has 0 saturated heterocycles. The highest BCUT2D eigenvalue weighted by molar-refractivity contribution is 5.92. The largest absolute Gasteiger partial charge is 0.507 e. The highest BCUT2D eigenvalue weighted by Gasteiger charge is 2.30. The van der Waals surface area contributed by atoms with E-state index >= 15 is 0 Å². The number of carbonyl (C=O) groups excluding carboxylic acids is 1. The van der Waals surface area contributed by atoms with Gasteiger partial charge in [0.25, 0.3) is 5.56 Å². The number of aryl methyl sites for hydroxylation is 2. The number of rotatable bonds is 2. The molecule has 0 unspecified atom stereocenters. The second-order valence-corrected chi connectivity index (χ2v) is 7.69. The molecule has 1 aliphatic heterocycles. The molecule has 1 aliphatic carbocycles. The second kappa shape index (κ2) is 6.14. The summed E-state index contributed by atoms with van der Waals surface area (Å²) in [6.45, 7) is 3.10. The SMILES string of the molecule is CC(=O)OCc1c(O)cc2n(c1=O)Cc1c-2nc2cc(F)c(C)c3c2c1CCC3. The summed E-state index contributed by atoms with van der Waals surface area (Å²) in [5, 5.41) is 11.4. The number of aromatic nitrogens is 2. The van der Waals surface area contributed by atoms with Crippen molar-refractivity contribution >= 4 is 16.9 Å². The van der Waals surface area contributed by atoms with Crippen LogP contribution in [0.3, 0.4) is 0 Å². The van der Waals surface area contributed by atoms with E-state index in [-0.39, 0.29) is 23.7 Å². The summed E-state index contributed by atoms with van der Waals surface area (Å²) in [6.07, 6.45) is 2.57. The molecule has 1 N–H and O–H groups in total. The molecular weight excluding hydrogens is 375 g/mol. The maximum Gasteiger partial charge on any atom is 0.302 e. The molecule has 29 heavy (non-hydrogen) atoms. The van der Waals surface area contributed by atoms with Crippen molar-refractivity contribution in [1.82, 2.24) is 9.55 Å². The van der Waals surface area contributed by atoms with Crippen LogP contribution in [0.4, 0.5) is 4.39 Å². The van der Waals surface area contributed by atoms with E-state index in [0.717, 1.165) is 41.3 Å². The van der Waals surface area contributed by atoms with Crippen molar-refractivity contribution in [3.8, 4) is 17.1 Å². The third-order valence-corrected chi connectivity index (χ3v) is 6.03. The zero-order chi connectivity index (χ0) is 20.4. The molecule has 1 aromatic carbocycles. The van der Waals surface area contributed by atoms with Gasteiger partial charge in [0.05, 0.1) is 29.0 Å². The van der Waals surface area contributed by atoms with Gasteiger partial charge in [-0.25, -0.2) is 9.37 Å². The smallest absolute Gasteiger partial charge is 0.302 e. The molecule has 5 rings (SSSR count). The van der Waals surface area contributed by atoms with Gasteiger partial charge in [-0.1, -0.05) is 0 Å². The van der Waals surface area contributed by atoms with E-state index in [1.165, 1.54) is 19.1 Å². The number of benzene rings is 1. The average Bonchev–Trinajstić information content (AvgIpc) is 3.04. The first-order chi connectivity index (χ1) is 13.9. The molecule has 0 fully saturated rings. The normalized spacial score (nSPS) is 14.0. The third kappa shape index (κ3) is 2.50. The topological polar surface area (TPSA) is 81.4 Å². The van der Waals surface area contributed by atoms with Gasteiger partial charge in [0, 0.05) is 30.0 Å². The Bertz CT molecular complexity index is 1290. The number of aromatic hydroxyl groups is 1. The third-order valence-electron chi connectivity index (χ3n) is 6.03. The molecule has 6 nitrogen and oxygen atoms in total. The number of pyridine rings is 2. The summed E-state index contributed by atoms with van der Waals surface area (Å²) in [6, 6.07) is 2.94. The molecule has 3 heterocycles. The van der Waals surface area contributed by atoms with Crippen LogP contribution >= 0.6 is 0 Å². The number of esters is 1. The van der Waals surface area contributed by atoms with Crippen LogP contribution in [0.15, 0.2) is 16.9 Å². The summed E-state index contributed by atoms with van der Waals surface area (Å²) in [5.74, 6) is -1.04. The minimum Gasteiger partial charge on any atom is -0.507 e. The van der Waals surface area contributed by atoms with Crippen LogP contribution in [0.2, 0.25) is 0 Å². The van der Waals surface area contributed by atoms with E-state index in [1.54, 1.807) is 11.5 Å². The van der Waals surface area contributed by atoms with Gasteiger partial charge in [-0.05, 0) is 42.9 Å². The number of hydrogen-bond acceptors (Lipinski definition) is 5. The molecule has 0 spiro atoms. The zero-order valence-electron chi connectivity index (χ0n) is 16.1. The van der Waals surface area contributed by atoms with Crippen LogP contribution in [0.5, 0.6) is 5.75 Å². The second-order valence-electron chi connectivity index (χ2n) is 7.69. The predicted octanol–water partition coefficient (Wildman–Crippen LogP) is 3.13. The van der Waals surface area contributed by atoms with E-state index in [2.05, 4.69) is 0 Å². The molecule has 0 radical (unpaired) electrons. The lowest BCUT2D eigenvalue weighted by molar-refractivity contribution is -0.142. The Kier molecular flexibility index (Phi) is 3.78. The van der Waals surface area contributed by atoms with Crippen molar-refractivity contribution in [3.05, 3.63) is 56.1 Å². The predicted molar refractivity (Wildman–Crippen MR) is 104 cm³/mol. The summed E-state index contributed by atoms with van der Waals surface area (Å²) >= 11 is 0. The summed E-state index contributed by atoms with van der Waals surface area (Å²) in [5.41, 5.74) is 5.04. The quantitative estimate of drug-likeness (QED) is 0.528. The van der Waals surface area contributed by atoms with Gasteiger partial charge < -0.3 is 14.4 Å². The number of carbonyl (C=O) groups is 1. The van der Waals surface area contributed by atoms with Crippen molar-refractivity contribution < 1.29 is 19.0 Å². The van der Waals surface area contributed by atoms with Gasteiger partial charge in [-0.3, -0.25) is 9.59 Å². The van der Waals surface area contributed by atoms with Gasteiger partial charge >= 0.3 is 5.97 Å². The average molecular weight is 394 g/mol. The lowest BCUT2D eigenvalue weighted by Gasteiger charge is -2.21. The molecule has 3 aromatic rings. The van der Waals surface area contributed by atoms with E-state index in [9.17, 15) is 19.1 Å². The van der Waals surface area contributed by atoms with Crippen LogP contribution < -0.4 is 5.56 Å².